The molecular formula is C38H34O. The standard InChI is InChI=1S/C38H34O/c1-27-16-18-31(19-17-27)33-20-21-35-34(26-33)28(2)25-32-13-7-6-12-30(32)22-24-38(35)23-10-4-5-11-29(3)39-37-15-9-8-14-36(37)38/h4,6-10,12-22,25-26H,2-3,5,11,23-24H2,1H3/b10-4-,30-22-,32-25-. The minimum atomic E-state index is -0.347. The zero-order valence-corrected chi connectivity index (χ0v) is 22.6. The van der Waals surface area contributed by atoms with E-state index in [0.29, 0.717) is 0 Å². The molecule has 0 saturated carbocycles. The molecule has 1 unspecified atom stereocenters. The Morgan fingerprint density at radius 3 is 2.31 bits per heavy atom. The van der Waals surface area contributed by atoms with Gasteiger partial charge < -0.3 is 4.74 Å². The zero-order valence-electron chi connectivity index (χ0n) is 22.6. The van der Waals surface area contributed by atoms with Crippen LogP contribution in [0, 0.1) is 6.92 Å². The van der Waals surface area contributed by atoms with Gasteiger partial charge in [-0.15, -0.1) is 0 Å². The first-order valence-corrected chi connectivity index (χ1v) is 13.8. The molecule has 4 aromatic carbocycles. The van der Waals surface area contributed by atoms with Gasteiger partial charge in [0.15, 0.2) is 0 Å². The minimum absolute atomic E-state index is 0.347. The third-order valence-electron chi connectivity index (χ3n) is 8.14. The van der Waals surface area contributed by atoms with Crippen LogP contribution in [0.15, 0.2) is 122 Å². The summed E-state index contributed by atoms with van der Waals surface area (Å²) < 4.78 is 6.45. The largest absolute Gasteiger partial charge is 0.462 e. The van der Waals surface area contributed by atoms with Crippen molar-refractivity contribution in [2.75, 3.05) is 0 Å². The maximum Gasteiger partial charge on any atom is 0.131 e. The van der Waals surface area contributed by atoms with Crippen molar-refractivity contribution >= 4 is 17.7 Å². The minimum Gasteiger partial charge on any atom is -0.462 e. The molecule has 0 amide bonds. The average Bonchev–Trinajstić information content (AvgIpc) is 3.00. The number of aryl methyl sites for hydroxylation is 1. The Morgan fingerprint density at radius 2 is 1.46 bits per heavy atom. The lowest BCUT2D eigenvalue weighted by molar-refractivity contribution is 0.386. The summed E-state index contributed by atoms with van der Waals surface area (Å²) in [5, 5.41) is 2.42. The second-order valence-corrected chi connectivity index (χ2v) is 10.8. The van der Waals surface area contributed by atoms with Crippen molar-refractivity contribution in [3.05, 3.63) is 155 Å². The molecule has 39 heavy (non-hydrogen) atoms. The summed E-state index contributed by atoms with van der Waals surface area (Å²) in [6.07, 6.45) is 12.7. The van der Waals surface area contributed by atoms with E-state index in [9.17, 15) is 0 Å². The fraction of sp³-hybridized carbons (Fsp3) is 0.158. The first kappa shape index (κ1) is 24.9. The monoisotopic (exact) mass is 506 g/mol. The molecule has 6 rings (SSSR count). The van der Waals surface area contributed by atoms with Gasteiger partial charge in [0, 0.05) is 17.4 Å². The number of rotatable bonds is 1. The number of fused-ring (bicyclic) bond motifs is 5. The van der Waals surface area contributed by atoms with Crippen LogP contribution in [0.1, 0.15) is 47.9 Å². The summed E-state index contributed by atoms with van der Waals surface area (Å²) in [5.74, 6) is 1.69. The second-order valence-electron chi connectivity index (χ2n) is 10.8. The van der Waals surface area contributed by atoms with Crippen LogP contribution in [0.25, 0.3) is 28.9 Å². The Bertz CT molecular complexity index is 1720. The molecule has 1 heterocycles. The predicted molar refractivity (Wildman–Crippen MR) is 165 cm³/mol. The highest BCUT2D eigenvalue weighted by molar-refractivity contribution is 5.91. The number of hydrogen-bond donors (Lipinski definition) is 0. The van der Waals surface area contributed by atoms with Gasteiger partial charge in [-0.2, -0.15) is 0 Å². The number of allylic oxidation sites excluding steroid dienone is 4. The summed E-state index contributed by atoms with van der Waals surface area (Å²) in [6, 6.07) is 32.8. The molecular weight excluding hydrogens is 472 g/mol. The molecule has 1 aliphatic carbocycles. The van der Waals surface area contributed by atoms with Crippen molar-refractivity contribution in [3.8, 4) is 16.9 Å². The third kappa shape index (κ3) is 4.81. The van der Waals surface area contributed by atoms with Crippen molar-refractivity contribution in [2.24, 2.45) is 0 Å². The molecule has 1 heteroatoms. The summed E-state index contributed by atoms with van der Waals surface area (Å²) in [4.78, 5) is 0. The summed E-state index contributed by atoms with van der Waals surface area (Å²) >= 11 is 0. The molecule has 0 saturated heterocycles. The number of para-hydroxylation sites is 1. The van der Waals surface area contributed by atoms with Crippen molar-refractivity contribution in [2.45, 2.75) is 38.0 Å². The molecule has 1 spiro atoms. The van der Waals surface area contributed by atoms with Gasteiger partial charge >= 0.3 is 0 Å². The van der Waals surface area contributed by atoms with Crippen molar-refractivity contribution in [1.29, 1.82) is 0 Å². The predicted octanol–water partition coefficient (Wildman–Crippen LogP) is 8.26. The Kier molecular flexibility index (Phi) is 6.67. The number of hydrogen-bond acceptors (Lipinski definition) is 1. The van der Waals surface area contributed by atoms with Gasteiger partial charge in [0.1, 0.15) is 5.75 Å². The molecule has 1 atom stereocenters. The summed E-state index contributed by atoms with van der Waals surface area (Å²) in [5.41, 5.74) is 7.98. The molecule has 0 bridgehead atoms. The zero-order chi connectivity index (χ0) is 26.8. The summed E-state index contributed by atoms with van der Waals surface area (Å²) in [7, 11) is 0. The van der Waals surface area contributed by atoms with Gasteiger partial charge in [-0.1, -0.05) is 116 Å². The van der Waals surface area contributed by atoms with E-state index in [-0.39, 0.29) is 5.41 Å². The van der Waals surface area contributed by atoms with Gasteiger partial charge in [0.25, 0.3) is 0 Å². The molecule has 1 aliphatic heterocycles. The molecule has 0 radical (unpaired) electrons. The maximum absolute atomic E-state index is 6.45. The lowest BCUT2D eigenvalue weighted by Crippen LogP contribution is -2.30. The van der Waals surface area contributed by atoms with E-state index in [2.05, 4.69) is 135 Å². The van der Waals surface area contributed by atoms with Crippen LogP contribution in [-0.4, -0.2) is 0 Å². The maximum atomic E-state index is 6.45. The lowest BCUT2D eigenvalue weighted by Gasteiger charge is -2.37. The van der Waals surface area contributed by atoms with Crippen molar-refractivity contribution < 1.29 is 4.74 Å². The highest BCUT2D eigenvalue weighted by Crippen LogP contribution is 2.48. The van der Waals surface area contributed by atoms with E-state index in [0.717, 1.165) is 42.8 Å². The lowest BCUT2D eigenvalue weighted by atomic mass is 9.67. The van der Waals surface area contributed by atoms with Gasteiger partial charge in [-0.25, -0.2) is 0 Å². The number of benzene rings is 4. The fourth-order valence-corrected chi connectivity index (χ4v) is 6.00. The smallest absolute Gasteiger partial charge is 0.131 e. The Morgan fingerprint density at radius 1 is 0.718 bits per heavy atom. The van der Waals surface area contributed by atoms with Crippen LogP contribution in [0.2, 0.25) is 0 Å². The van der Waals surface area contributed by atoms with E-state index in [4.69, 9.17) is 4.74 Å². The van der Waals surface area contributed by atoms with Crippen LogP contribution in [0.5, 0.6) is 5.75 Å². The van der Waals surface area contributed by atoms with Gasteiger partial charge in [-0.3, -0.25) is 0 Å². The van der Waals surface area contributed by atoms with Gasteiger partial charge in [0.2, 0.25) is 0 Å². The molecule has 0 fully saturated rings. The van der Waals surface area contributed by atoms with E-state index in [1.165, 1.54) is 43.8 Å². The quantitative estimate of drug-likeness (QED) is 0.236. The van der Waals surface area contributed by atoms with Crippen LogP contribution >= 0.6 is 0 Å². The molecule has 2 aliphatic rings. The highest BCUT2D eigenvalue weighted by atomic mass is 16.5. The van der Waals surface area contributed by atoms with Crippen LogP contribution < -0.4 is 15.2 Å². The molecule has 0 aromatic heterocycles. The topological polar surface area (TPSA) is 9.23 Å². The Labute approximate surface area is 231 Å². The molecule has 4 aromatic rings. The Balaban J connectivity index is 1.67. The van der Waals surface area contributed by atoms with Crippen LogP contribution in [0.3, 0.4) is 0 Å². The first-order chi connectivity index (χ1) is 19.0. The molecule has 192 valence electrons. The average molecular weight is 507 g/mol. The van der Waals surface area contributed by atoms with Gasteiger partial charge in [0.05, 0.1) is 5.76 Å². The fourth-order valence-electron chi connectivity index (χ4n) is 6.00. The van der Waals surface area contributed by atoms with E-state index in [1.807, 2.05) is 0 Å². The third-order valence-corrected chi connectivity index (χ3v) is 8.14. The SMILES string of the molecule is C=C1CC/C=C\CC2(C/C=c3/cccc/c3=C/C(=C)c3cc(-c4ccc(C)cc4)ccc32)c2ccccc2O1. The molecule has 1 nitrogen and oxygen atoms in total. The van der Waals surface area contributed by atoms with Crippen molar-refractivity contribution in [1.82, 2.24) is 0 Å². The molecule has 0 N–H and O–H groups in total. The summed E-state index contributed by atoms with van der Waals surface area (Å²) in [6.45, 7) is 11.0. The van der Waals surface area contributed by atoms with Gasteiger partial charge in [-0.05, 0) is 82.7 Å². The van der Waals surface area contributed by atoms with Crippen molar-refractivity contribution in [3.63, 3.8) is 0 Å². The van der Waals surface area contributed by atoms with E-state index >= 15 is 0 Å². The second kappa shape index (κ2) is 10.4. The first-order valence-electron chi connectivity index (χ1n) is 13.8. The van der Waals surface area contributed by atoms with E-state index in [1.54, 1.807) is 0 Å². The van der Waals surface area contributed by atoms with E-state index < -0.39 is 0 Å². The number of ether oxygens (including phenoxy) is 1. The van der Waals surface area contributed by atoms with Crippen LogP contribution in [-0.2, 0) is 5.41 Å². The van der Waals surface area contributed by atoms with Crippen LogP contribution in [0.4, 0.5) is 0 Å². The Hall–Kier alpha value is -4.36. The normalized spacial score (nSPS) is 21.3. The highest BCUT2D eigenvalue weighted by Gasteiger charge is 2.37.